The van der Waals surface area contributed by atoms with Gasteiger partial charge in [-0.05, 0) is 12.1 Å². The number of pyridine rings is 1. The van der Waals surface area contributed by atoms with E-state index in [0.717, 1.165) is 0 Å². The highest BCUT2D eigenvalue weighted by molar-refractivity contribution is 5.89. The summed E-state index contributed by atoms with van der Waals surface area (Å²) in [6, 6.07) is 3.24. The maximum Gasteiger partial charge on any atom is 0.322 e. The van der Waals surface area contributed by atoms with Crippen LogP contribution in [0.2, 0.25) is 0 Å². The Morgan fingerprint density at radius 3 is 2.81 bits per heavy atom. The number of nitrogens with one attached hydrogen (secondary N) is 1. The predicted octanol–water partition coefficient (Wildman–Crippen LogP) is 0.528. The molecular weight excluding hydrogens is 208 g/mol. The van der Waals surface area contributed by atoms with Crippen LogP contribution in [0.1, 0.15) is 0 Å². The van der Waals surface area contributed by atoms with Gasteiger partial charge in [-0.2, -0.15) is 0 Å². The Balaban J connectivity index is 1.93. The largest absolute Gasteiger partial charge is 0.384 e. The second kappa shape index (κ2) is 4.80. The fourth-order valence-corrected chi connectivity index (χ4v) is 1.45. The molecule has 6 heteroatoms. The van der Waals surface area contributed by atoms with Crippen molar-refractivity contribution in [1.29, 1.82) is 0 Å². The van der Waals surface area contributed by atoms with E-state index >= 15 is 0 Å². The number of anilines is 2. The summed E-state index contributed by atoms with van der Waals surface area (Å²) in [5.74, 6) is 0.435. The first-order valence-corrected chi connectivity index (χ1v) is 5.11. The zero-order valence-corrected chi connectivity index (χ0v) is 8.85. The van der Waals surface area contributed by atoms with E-state index in [1.807, 2.05) is 0 Å². The maximum absolute atomic E-state index is 11.8. The number of aromatic nitrogens is 1. The van der Waals surface area contributed by atoms with Crippen LogP contribution >= 0.6 is 0 Å². The van der Waals surface area contributed by atoms with Gasteiger partial charge >= 0.3 is 6.03 Å². The monoisotopic (exact) mass is 222 g/mol. The quantitative estimate of drug-likeness (QED) is 0.726. The molecule has 6 nitrogen and oxygen atoms in total. The molecule has 0 aliphatic carbocycles. The summed E-state index contributed by atoms with van der Waals surface area (Å²) in [6.07, 6.45) is 1.54. The molecule has 1 saturated heterocycles. The van der Waals surface area contributed by atoms with Crippen LogP contribution in [0, 0.1) is 0 Å². The standard InChI is InChI=1S/C10H14N4O2/c11-9-2-1-8(7-12-9)13-10(15)14-3-5-16-6-4-14/h1-2,7H,3-6H2,(H2,11,12)(H,13,15). The number of carbonyl (C=O) groups excluding carboxylic acids is 1. The van der Waals surface area contributed by atoms with Crippen LogP contribution in [0.4, 0.5) is 16.3 Å². The van der Waals surface area contributed by atoms with Crippen LogP contribution in [-0.4, -0.2) is 42.2 Å². The van der Waals surface area contributed by atoms with Crippen molar-refractivity contribution in [1.82, 2.24) is 9.88 Å². The summed E-state index contributed by atoms with van der Waals surface area (Å²) >= 11 is 0. The van der Waals surface area contributed by atoms with Gasteiger partial charge < -0.3 is 20.7 Å². The molecule has 1 aromatic rings. The summed E-state index contributed by atoms with van der Waals surface area (Å²) in [7, 11) is 0. The molecule has 0 atom stereocenters. The van der Waals surface area contributed by atoms with Crippen molar-refractivity contribution in [3.8, 4) is 0 Å². The summed E-state index contributed by atoms with van der Waals surface area (Å²) < 4.78 is 5.17. The van der Waals surface area contributed by atoms with Gasteiger partial charge in [-0.1, -0.05) is 0 Å². The molecular formula is C10H14N4O2. The van der Waals surface area contributed by atoms with Gasteiger partial charge in [0.05, 0.1) is 25.1 Å². The molecule has 0 saturated carbocycles. The van der Waals surface area contributed by atoms with Gasteiger partial charge in [-0.15, -0.1) is 0 Å². The maximum atomic E-state index is 11.8. The normalized spacial score (nSPS) is 15.9. The van der Waals surface area contributed by atoms with Gasteiger partial charge in [0.15, 0.2) is 0 Å². The van der Waals surface area contributed by atoms with Gasteiger partial charge in [0, 0.05) is 13.1 Å². The summed E-state index contributed by atoms with van der Waals surface area (Å²) in [5.41, 5.74) is 6.09. The highest BCUT2D eigenvalue weighted by Crippen LogP contribution is 2.08. The third-order valence-corrected chi connectivity index (χ3v) is 2.34. The highest BCUT2D eigenvalue weighted by atomic mass is 16.5. The Labute approximate surface area is 93.4 Å². The number of hydrogen-bond acceptors (Lipinski definition) is 4. The fraction of sp³-hybridized carbons (Fsp3) is 0.400. The van der Waals surface area contributed by atoms with Crippen LogP contribution in [0.15, 0.2) is 18.3 Å². The molecule has 1 aromatic heterocycles. The zero-order chi connectivity index (χ0) is 11.4. The Morgan fingerprint density at radius 2 is 2.19 bits per heavy atom. The number of nitrogens with zero attached hydrogens (tertiary/aromatic N) is 2. The molecule has 1 fully saturated rings. The van der Waals surface area contributed by atoms with Gasteiger partial charge in [0.1, 0.15) is 5.82 Å². The first kappa shape index (κ1) is 10.7. The Kier molecular flexibility index (Phi) is 3.21. The Bertz CT molecular complexity index is 360. The first-order chi connectivity index (χ1) is 7.75. The van der Waals surface area contributed by atoms with E-state index in [-0.39, 0.29) is 6.03 Å². The molecule has 0 spiro atoms. The van der Waals surface area contributed by atoms with Crippen molar-refractivity contribution < 1.29 is 9.53 Å². The van der Waals surface area contributed by atoms with Crippen LogP contribution < -0.4 is 11.1 Å². The minimum atomic E-state index is -0.130. The molecule has 2 amide bonds. The second-order valence-corrected chi connectivity index (χ2v) is 3.50. The number of ether oxygens (including phenoxy) is 1. The van der Waals surface area contributed by atoms with Crippen LogP contribution in [-0.2, 0) is 4.74 Å². The molecule has 86 valence electrons. The zero-order valence-electron chi connectivity index (χ0n) is 8.85. The van der Waals surface area contributed by atoms with E-state index < -0.39 is 0 Å². The number of amides is 2. The highest BCUT2D eigenvalue weighted by Gasteiger charge is 2.16. The lowest BCUT2D eigenvalue weighted by Gasteiger charge is -2.26. The number of urea groups is 1. The lowest BCUT2D eigenvalue weighted by molar-refractivity contribution is 0.0564. The molecule has 2 heterocycles. The summed E-state index contributed by atoms with van der Waals surface area (Å²) in [5, 5.41) is 2.75. The SMILES string of the molecule is Nc1ccc(NC(=O)N2CCOCC2)cn1. The number of rotatable bonds is 1. The Morgan fingerprint density at radius 1 is 1.44 bits per heavy atom. The molecule has 1 aliphatic rings. The van der Waals surface area contributed by atoms with E-state index in [4.69, 9.17) is 10.5 Å². The summed E-state index contributed by atoms with van der Waals surface area (Å²) in [4.78, 5) is 17.4. The molecule has 3 N–H and O–H groups in total. The smallest absolute Gasteiger partial charge is 0.322 e. The first-order valence-electron chi connectivity index (χ1n) is 5.11. The molecule has 1 aliphatic heterocycles. The van der Waals surface area contributed by atoms with E-state index in [1.165, 1.54) is 6.20 Å². The van der Waals surface area contributed by atoms with E-state index in [2.05, 4.69) is 10.3 Å². The van der Waals surface area contributed by atoms with Gasteiger partial charge in [0.25, 0.3) is 0 Å². The third-order valence-electron chi connectivity index (χ3n) is 2.34. The van der Waals surface area contributed by atoms with Crippen molar-refractivity contribution >= 4 is 17.5 Å². The average molecular weight is 222 g/mol. The lowest BCUT2D eigenvalue weighted by atomic mass is 10.4. The van der Waals surface area contributed by atoms with E-state index in [1.54, 1.807) is 17.0 Å². The van der Waals surface area contributed by atoms with Gasteiger partial charge in [-0.25, -0.2) is 9.78 Å². The van der Waals surface area contributed by atoms with Crippen LogP contribution in [0.5, 0.6) is 0 Å². The van der Waals surface area contributed by atoms with Crippen LogP contribution in [0.25, 0.3) is 0 Å². The minimum Gasteiger partial charge on any atom is -0.384 e. The third kappa shape index (κ3) is 2.60. The molecule has 0 bridgehead atoms. The Hall–Kier alpha value is -1.82. The number of nitrogens with two attached hydrogens (primary N) is 1. The topological polar surface area (TPSA) is 80.5 Å². The molecule has 0 aromatic carbocycles. The second-order valence-electron chi connectivity index (χ2n) is 3.50. The van der Waals surface area contributed by atoms with Crippen molar-refractivity contribution in [2.75, 3.05) is 37.4 Å². The van der Waals surface area contributed by atoms with Crippen molar-refractivity contribution in [2.24, 2.45) is 0 Å². The molecule has 16 heavy (non-hydrogen) atoms. The van der Waals surface area contributed by atoms with E-state index in [0.29, 0.717) is 37.8 Å². The number of hydrogen-bond donors (Lipinski definition) is 2. The number of carbonyl (C=O) groups is 1. The molecule has 2 rings (SSSR count). The van der Waals surface area contributed by atoms with Crippen molar-refractivity contribution in [3.63, 3.8) is 0 Å². The number of morpholine rings is 1. The minimum absolute atomic E-state index is 0.130. The fourth-order valence-electron chi connectivity index (χ4n) is 1.45. The number of nitrogen functional groups attached to an aromatic ring is 1. The van der Waals surface area contributed by atoms with Gasteiger partial charge in [0.2, 0.25) is 0 Å². The predicted molar refractivity (Wildman–Crippen MR) is 60.1 cm³/mol. The van der Waals surface area contributed by atoms with Crippen molar-refractivity contribution in [3.05, 3.63) is 18.3 Å². The lowest BCUT2D eigenvalue weighted by Crippen LogP contribution is -2.43. The van der Waals surface area contributed by atoms with E-state index in [9.17, 15) is 4.79 Å². The summed E-state index contributed by atoms with van der Waals surface area (Å²) in [6.45, 7) is 2.42. The van der Waals surface area contributed by atoms with Gasteiger partial charge in [-0.3, -0.25) is 0 Å². The van der Waals surface area contributed by atoms with Crippen LogP contribution in [0.3, 0.4) is 0 Å². The molecule has 0 unspecified atom stereocenters. The van der Waals surface area contributed by atoms with Crippen molar-refractivity contribution in [2.45, 2.75) is 0 Å². The molecule has 0 radical (unpaired) electrons. The average Bonchev–Trinajstić information content (AvgIpc) is 2.33.